The highest BCUT2D eigenvalue weighted by Gasteiger charge is 2.24. The third-order valence-corrected chi connectivity index (χ3v) is 6.42. The van der Waals surface area contributed by atoms with E-state index in [1.807, 2.05) is 0 Å². The molecule has 0 amide bonds. The van der Waals surface area contributed by atoms with E-state index in [1.54, 1.807) is 11.3 Å². The van der Waals surface area contributed by atoms with Crippen LogP contribution in [0, 0.1) is 5.92 Å². The van der Waals surface area contributed by atoms with E-state index in [9.17, 15) is 4.79 Å². The minimum absolute atomic E-state index is 0.0179. The van der Waals surface area contributed by atoms with Crippen LogP contribution >= 0.6 is 11.3 Å². The van der Waals surface area contributed by atoms with Crippen molar-refractivity contribution in [2.75, 3.05) is 13.2 Å². The first-order valence-electron chi connectivity index (χ1n) is 9.01. The Bertz CT molecular complexity index is 791. The first kappa shape index (κ1) is 16.2. The molecule has 0 radical (unpaired) electrons. The zero-order valence-electron chi connectivity index (χ0n) is 14.4. The van der Waals surface area contributed by atoms with Crippen LogP contribution in [0.2, 0.25) is 0 Å². The van der Waals surface area contributed by atoms with E-state index in [0.29, 0.717) is 12.0 Å². The van der Waals surface area contributed by atoms with Crippen LogP contribution < -0.4 is 10.9 Å². The number of nitrogens with zero attached hydrogens (tertiary/aromatic N) is 1. The van der Waals surface area contributed by atoms with Crippen molar-refractivity contribution >= 4 is 21.6 Å². The van der Waals surface area contributed by atoms with Gasteiger partial charge in [0.2, 0.25) is 0 Å². The van der Waals surface area contributed by atoms with Gasteiger partial charge in [-0.2, -0.15) is 0 Å². The van der Waals surface area contributed by atoms with E-state index >= 15 is 0 Å². The van der Waals surface area contributed by atoms with Gasteiger partial charge in [0.15, 0.2) is 0 Å². The summed E-state index contributed by atoms with van der Waals surface area (Å²) in [6.07, 6.45) is 5.79. The summed E-state index contributed by atoms with van der Waals surface area (Å²) in [5, 5.41) is 4.28. The highest BCUT2D eigenvalue weighted by Crippen LogP contribution is 2.35. The number of fused-ring (bicyclic) bond motifs is 3. The summed E-state index contributed by atoms with van der Waals surface area (Å²) in [5.74, 6) is 1.44. The lowest BCUT2D eigenvalue weighted by atomic mass is 9.89. The second kappa shape index (κ2) is 6.58. The van der Waals surface area contributed by atoms with Crippen molar-refractivity contribution in [1.29, 1.82) is 0 Å². The first-order valence-corrected chi connectivity index (χ1v) is 9.83. The number of thiophene rings is 1. The number of hydrogen-bond donors (Lipinski definition) is 2. The molecular weight excluding hydrogens is 322 g/mol. The largest absolute Gasteiger partial charge is 0.377 e. The molecule has 1 saturated heterocycles. The maximum atomic E-state index is 12.6. The van der Waals surface area contributed by atoms with Gasteiger partial charge in [0.05, 0.1) is 17.5 Å². The van der Waals surface area contributed by atoms with E-state index in [-0.39, 0.29) is 11.6 Å². The van der Waals surface area contributed by atoms with Crippen LogP contribution in [-0.4, -0.2) is 29.2 Å². The Morgan fingerprint density at radius 2 is 2.33 bits per heavy atom. The molecule has 5 nitrogen and oxygen atoms in total. The van der Waals surface area contributed by atoms with Gasteiger partial charge in [-0.05, 0) is 50.5 Å². The zero-order valence-corrected chi connectivity index (χ0v) is 15.2. The summed E-state index contributed by atoms with van der Waals surface area (Å²) < 4.78 is 5.65. The number of rotatable bonds is 4. The first-order chi connectivity index (χ1) is 11.6. The SMILES string of the molecule is C[C@@H]1CCc2c(sc3nc([C@H](C)NC[C@@H]4CCCO4)[nH]c(=O)c23)C1. The average molecular weight is 347 g/mol. The van der Waals surface area contributed by atoms with Crippen LogP contribution in [0.15, 0.2) is 4.79 Å². The highest BCUT2D eigenvalue weighted by molar-refractivity contribution is 7.18. The molecule has 4 rings (SSSR count). The molecule has 0 aromatic carbocycles. The lowest BCUT2D eigenvalue weighted by molar-refractivity contribution is 0.107. The van der Waals surface area contributed by atoms with E-state index in [0.717, 1.165) is 54.9 Å². The second-order valence-corrected chi connectivity index (χ2v) is 8.33. The number of hydrogen-bond acceptors (Lipinski definition) is 5. The monoisotopic (exact) mass is 347 g/mol. The van der Waals surface area contributed by atoms with Crippen molar-refractivity contribution in [2.45, 2.75) is 58.1 Å². The molecule has 3 heterocycles. The van der Waals surface area contributed by atoms with Crippen molar-refractivity contribution in [1.82, 2.24) is 15.3 Å². The summed E-state index contributed by atoms with van der Waals surface area (Å²) >= 11 is 1.71. The fourth-order valence-electron chi connectivity index (χ4n) is 3.78. The second-order valence-electron chi connectivity index (χ2n) is 7.25. The molecule has 0 spiro atoms. The Morgan fingerprint density at radius 3 is 3.12 bits per heavy atom. The van der Waals surface area contributed by atoms with Crippen molar-refractivity contribution in [2.24, 2.45) is 5.92 Å². The van der Waals surface area contributed by atoms with E-state index in [4.69, 9.17) is 9.72 Å². The van der Waals surface area contributed by atoms with Crippen LogP contribution in [0.5, 0.6) is 0 Å². The molecule has 2 N–H and O–H groups in total. The van der Waals surface area contributed by atoms with Crippen LogP contribution in [0.25, 0.3) is 10.2 Å². The number of aryl methyl sites for hydroxylation is 1. The van der Waals surface area contributed by atoms with Crippen molar-refractivity contribution in [3.8, 4) is 0 Å². The van der Waals surface area contributed by atoms with Gasteiger partial charge >= 0.3 is 0 Å². The standard InChI is InChI=1S/C18H25N3O2S/c1-10-5-6-13-14(8-10)24-18-15(13)17(22)20-16(21-18)11(2)19-9-12-4-3-7-23-12/h10-12,19H,3-9H2,1-2H3,(H,20,21,22)/t10-,11+,12+/m1/s1. The normalized spacial score (nSPS) is 25.1. The van der Waals surface area contributed by atoms with Gasteiger partial charge in [-0.15, -0.1) is 11.3 Å². The summed E-state index contributed by atoms with van der Waals surface area (Å²) in [6.45, 7) is 6.00. The Kier molecular flexibility index (Phi) is 4.45. The summed E-state index contributed by atoms with van der Waals surface area (Å²) in [4.78, 5) is 22.7. The number of nitrogens with one attached hydrogen (secondary N) is 2. The minimum Gasteiger partial charge on any atom is -0.377 e. The van der Waals surface area contributed by atoms with Crippen molar-refractivity contribution in [3.63, 3.8) is 0 Å². The van der Waals surface area contributed by atoms with Gasteiger partial charge < -0.3 is 15.0 Å². The zero-order chi connectivity index (χ0) is 16.7. The van der Waals surface area contributed by atoms with Gasteiger partial charge in [0, 0.05) is 18.0 Å². The smallest absolute Gasteiger partial charge is 0.259 e. The molecule has 1 aliphatic carbocycles. The van der Waals surface area contributed by atoms with Crippen molar-refractivity contribution in [3.05, 3.63) is 26.6 Å². The molecule has 130 valence electrons. The summed E-state index contributed by atoms with van der Waals surface area (Å²) in [5.41, 5.74) is 1.26. The maximum absolute atomic E-state index is 12.6. The van der Waals surface area contributed by atoms with E-state index in [1.165, 1.54) is 16.9 Å². The average Bonchev–Trinajstić information content (AvgIpc) is 3.18. The van der Waals surface area contributed by atoms with Gasteiger partial charge in [-0.1, -0.05) is 6.92 Å². The van der Waals surface area contributed by atoms with Gasteiger partial charge in [-0.3, -0.25) is 4.79 Å². The Balaban J connectivity index is 1.59. The number of H-pyrrole nitrogens is 1. The Morgan fingerprint density at radius 1 is 1.46 bits per heavy atom. The fraction of sp³-hybridized carbons (Fsp3) is 0.667. The molecule has 0 bridgehead atoms. The van der Waals surface area contributed by atoms with Gasteiger partial charge in [-0.25, -0.2) is 4.98 Å². The van der Waals surface area contributed by atoms with Crippen LogP contribution in [0.4, 0.5) is 0 Å². The molecule has 0 saturated carbocycles. The molecule has 2 aliphatic rings. The Hall–Kier alpha value is -1.24. The topological polar surface area (TPSA) is 67.0 Å². The molecule has 1 aliphatic heterocycles. The molecule has 2 aromatic heterocycles. The number of ether oxygens (including phenoxy) is 1. The molecule has 6 heteroatoms. The van der Waals surface area contributed by atoms with E-state index < -0.39 is 0 Å². The molecule has 2 aromatic rings. The van der Waals surface area contributed by atoms with Gasteiger partial charge in [0.25, 0.3) is 5.56 Å². The third-order valence-electron chi connectivity index (χ3n) is 5.27. The number of aromatic amines is 1. The predicted octanol–water partition coefficient (Wildman–Crippen LogP) is 2.94. The Labute approximate surface area is 145 Å². The van der Waals surface area contributed by atoms with Crippen LogP contribution in [0.3, 0.4) is 0 Å². The molecule has 1 fully saturated rings. The van der Waals surface area contributed by atoms with E-state index in [2.05, 4.69) is 24.1 Å². The summed E-state index contributed by atoms with van der Waals surface area (Å²) in [6, 6.07) is 0.0179. The van der Waals surface area contributed by atoms with Crippen molar-refractivity contribution < 1.29 is 4.74 Å². The molecule has 0 unspecified atom stereocenters. The molecular formula is C18H25N3O2S. The molecule has 24 heavy (non-hydrogen) atoms. The predicted molar refractivity (Wildman–Crippen MR) is 96.8 cm³/mol. The lowest BCUT2D eigenvalue weighted by Gasteiger charge is -2.17. The maximum Gasteiger partial charge on any atom is 0.259 e. The highest BCUT2D eigenvalue weighted by atomic mass is 32.1. The van der Waals surface area contributed by atoms with Crippen LogP contribution in [-0.2, 0) is 17.6 Å². The lowest BCUT2D eigenvalue weighted by Crippen LogP contribution is -2.30. The summed E-state index contributed by atoms with van der Waals surface area (Å²) in [7, 11) is 0. The molecule has 3 atom stereocenters. The number of aromatic nitrogens is 2. The minimum atomic E-state index is 0.0179. The van der Waals surface area contributed by atoms with Gasteiger partial charge in [0.1, 0.15) is 10.7 Å². The fourth-order valence-corrected chi connectivity index (χ4v) is 5.17. The third kappa shape index (κ3) is 3.03. The quantitative estimate of drug-likeness (QED) is 0.892. The van der Waals surface area contributed by atoms with Crippen LogP contribution in [0.1, 0.15) is 55.4 Å².